The molecule has 4 heteroatoms. The van der Waals surface area contributed by atoms with Crippen LogP contribution in [0.5, 0.6) is 0 Å². The van der Waals surface area contributed by atoms with E-state index in [1.807, 2.05) is 12.1 Å². The average Bonchev–Trinajstić information content (AvgIpc) is 2.86. The van der Waals surface area contributed by atoms with Gasteiger partial charge < -0.3 is 10.0 Å². The van der Waals surface area contributed by atoms with Gasteiger partial charge in [-0.2, -0.15) is 0 Å². The highest BCUT2D eigenvalue weighted by Gasteiger charge is 2.23. The number of carboxylic acid groups (broad SMARTS) is 1. The number of likely N-dealkylation sites (tertiary alicyclic amines) is 1. The third-order valence-electron chi connectivity index (χ3n) is 3.78. The fourth-order valence-corrected chi connectivity index (χ4v) is 2.54. The summed E-state index contributed by atoms with van der Waals surface area (Å²) in [5.74, 6) is -0.916. The topological polar surface area (TPSA) is 43.8 Å². The maximum atomic E-state index is 10.5. The Labute approximate surface area is 120 Å². The van der Waals surface area contributed by atoms with Crippen LogP contribution in [0.2, 0.25) is 0 Å². The van der Waals surface area contributed by atoms with E-state index in [0.29, 0.717) is 6.04 Å². The van der Waals surface area contributed by atoms with Crippen molar-refractivity contribution < 1.29 is 9.90 Å². The zero-order valence-corrected chi connectivity index (χ0v) is 12.1. The lowest BCUT2D eigenvalue weighted by Gasteiger charge is -2.20. The summed E-state index contributed by atoms with van der Waals surface area (Å²) in [4.78, 5) is 15.2. The van der Waals surface area contributed by atoms with Crippen LogP contribution in [-0.4, -0.2) is 54.1 Å². The van der Waals surface area contributed by atoms with E-state index in [2.05, 4.69) is 36.0 Å². The summed E-state index contributed by atoms with van der Waals surface area (Å²) in [6.45, 7) is 3.23. The molecule has 1 fully saturated rings. The number of hydrogen-bond donors (Lipinski definition) is 1. The zero-order valence-electron chi connectivity index (χ0n) is 12.1. The Balaban J connectivity index is 1.90. The van der Waals surface area contributed by atoms with Gasteiger partial charge in [0.1, 0.15) is 0 Å². The van der Waals surface area contributed by atoms with Gasteiger partial charge in [0, 0.05) is 31.8 Å². The number of benzene rings is 1. The maximum absolute atomic E-state index is 10.5. The minimum atomic E-state index is -0.916. The molecular weight excluding hydrogens is 252 g/mol. The molecule has 0 aromatic heterocycles. The summed E-state index contributed by atoms with van der Waals surface area (Å²) in [6, 6.07) is 8.74. The molecule has 0 saturated carbocycles. The molecule has 0 radical (unpaired) electrons. The van der Waals surface area contributed by atoms with E-state index in [1.165, 1.54) is 12.0 Å². The van der Waals surface area contributed by atoms with Crippen molar-refractivity contribution in [1.29, 1.82) is 0 Å². The van der Waals surface area contributed by atoms with Crippen LogP contribution in [0.1, 0.15) is 17.5 Å². The summed E-state index contributed by atoms with van der Waals surface area (Å²) in [5, 5.41) is 8.59. The van der Waals surface area contributed by atoms with E-state index < -0.39 is 5.97 Å². The molecule has 0 amide bonds. The van der Waals surface area contributed by atoms with Gasteiger partial charge in [-0.15, -0.1) is 0 Å². The van der Waals surface area contributed by atoms with Gasteiger partial charge in [-0.05, 0) is 37.7 Å². The number of rotatable bonds is 5. The Hall–Kier alpha value is -1.65. The van der Waals surface area contributed by atoms with Gasteiger partial charge in [0.2, 0.25) is 0 Å². The van der Waals surface area contributed by atoms with Gasteiger partial charge in [0.25, 0.3) is 0 Å². The van der Waals surface area contributed by atoms with Crippen LogP contribution in [0.25, 0.3) is 6.08 Å². The van der Waals surface area contributed by atoms with Gasteiger partial charge >= 0.3 is 5.97 Å². The summed E-state index contributed by atoms with van der Waals surface area (Å²) in [7, 11) is 4.27. The van der Waals surface area contributed by atoms with Crippen LogP contribution in [0.4, 0.5) is 0 Å². The molecule has 1 saturated heterocycles. The lowest BCUT2D eigenvalue weighted by molar-refractivity contribution is -0.131. The average molecular weight is 274 g/mol. The monoisotopic (exact) mass is 274 g/mol. The Morgan fingerprint density at radius 3 is 2.65 bits per heavy atom. The molecule has 1 aromatic rings. The summed E-state index contributed by atoms with van der Waals surface area (Å²) in [6.07, 6.45) is 4.01. The van der Waals surface area contributed by atoms with E-state index in [9.17, 15) is 4.79 Å². The summed E-state index contributed by atoms with van der Waals surface area (Å²) >= 11 is 0. The molecule has 0 aliphatic carbocycles. The fraction of sp³-hybridized carbons (Fsp3) is 0.438. The number of carbonyl (C=O) groups is 1. The second-order valence-electron chi connectivity index (χ2n) is 5.55. The molecular formula is C16H22N2O2. The molecule has 1 aliphatic rings. The SMILES string of the molecule is CN(C)C1CCN(Cc2ccc(C=CC(=O)O)cc2)C1. The van der Waals surface area contributed by atoms with Crippen molar-refractivity contribution in [1.82, 2.24) is 9.80 Å². The largest absolute Gasteiger partial charge is 0.478 e. The fourth-order valence-electron chi connectivity index (χ4n) is 2.54. The van der Waals surface area contributed by atoms with E-state index in [1.54, 1.807) is 6.08 Å². The molecule has 0 spiro atoms. The van der Waals surface area contributed by atoms with Gasteiger partial charge in [-0.3, -0.25) is 4.90 Å². The number of carboxylic acids is 1. The van der Waals surface area contributed by atoms with E-state index in [-0.39, 0.29) is 0 Å². The van der Waals surface area contributed by atoms with Crippen LogP contribution in [0.15, 0.2) is 30.3 Å². The molecule has 0 bridgehead atoms. The Morgan fingerprint density at radius 2 is 2.10 bits per heavy atom. The molecule has 1 heterocycles. The van der Waals surface area contributed by atoms with Crippen LogP contribution in [-0.2, 0) is 11.3 Å². The van der Waals surface area contributed by atoms with Crippen molar-refractivity contribution in [2.45, 2.75) is 19.0 Å². The van der Waals surface area contributed by atoms with Crippen molar-refractivity contribution in [2.24, 2.45) is 0 Å². The predicted molar refractivity (Wildman–Crippen MR) is 80.5 cm³/mol. The first-order chi connectivity index (χ1) is 9.54. The smallest absolute Gasteiger partial charge is 0.328 e. The third-order valence-corrected chi connectivity index (χ3v) is 3.78. The van der Waals surface area contributed by atoms with Gasteiger partial charge in [-0.25, -0.2) is 4.79 Å². The van der Waals surface area contributed by atoms with Crippen molar-refractivity contribution in [3.8, 4) is 0 Å². The second kappa shape index (κ2) is 6.68. The maximum Gasteiger partial charge on any atom is 0.328 e. The minimum Gasteiger partial charge on any atom is -0.478 e. The molecule has 1 aliphatic heterocycles. The number of hydrogen-bond acceptors (Lipinski definition) is 3. The highest BCUT2D eigenvalue weighted by Crippen LogP contribution is 2.16. The number of aliphatic carboxylic acids is 1. The predicted octanol–water partition coefficient (Wildman–Crippen LogP) is 1.92. The van der Waals surface area contributed by atoms with Crippen molar-refractivity contribution in [3.05, 3.63) is 41.5 Å². The second-order valence-corrected chi connectivity index (χ2v) is 5.55. The highest BCUT2D eigenvalue weighted by atomic mass is 16.4. The Kier molecular flexibility index (Phi) is 4.93. The quantitative estimate of drug-likeness (QED) is 0.833. The third kappa shape index (κ3) is 4.18. The minimum absolute atomic E-state index is 0.660. The molecule has 4 nitrogen and oxygen atoms in total. The van der Waals surface area contributed by atoms with Gasteiger partial charge in [0.15, 0.2) is 0 Å². The highest BCUT2D eigenvalue weighted by molar-refractivity contribution is 5.85. The normalized spacial score (nSPS) is 20.1. The zero-order chi connectivity index (χ0) is 14.5. The van der Waals surface area contributed by atoms with Crippen molar-refractivity contribution in [3.63, 3.8) is 0 Å². The first-order valence-electron chi connectivity index (χ1n) is 6.93. The molecule has 1 unspecified atom stereocenters. The van der Waals surface area contributed by atoms with Crippen molar-refractivity contribution in [2.75, 3.05) is 27.2 Å². The van der Waals surface area contributed by atoms with Crippen LogP contribution < -0.4 is 0 Å². The Morgan fingerprint density at radius 1 is 1.40 bits per heavy atom. The van der Waals surface area contributed by atoms with Gasteiger partial charge in [-0.1, -0.05) is 24.3 Å². The lowest BCUT2D eigenvalue weighted by Crippen LogP contribution is -2.31. The standard InChI is InChI=1S/C16H22N2O2/c1-17(2)15-9-10-18(12-15)11-14-5-3-13(4-6-14)7-8-16(19)20/h3-8,15H,9-12H2,1-2H3,(H,19,20). The first-order valence-corrected chi connectivity index (χ1v) is 6.93. The van der Waals surface area contributed by atoms with Crippen LogP contribution in [0, 0.1) is 0 Å². The summed E-state index contributed by atoms with van der Waals surface area (Å²) < 4.78 is 0. The molecule has 1 atom stereocenters. The van der Waals surface area contributed by atoms with E-state index >= 15 is 0 Å². The Bertz CT molecular complexity index is 480. The number of likely N-dealkylation sites (N-methyl/N-ethyl adjacent to an activating group) is 1. The first kappa shape index (κ1) is 14.8. The van der Waals surface area contributed by atoms with Crippen LogP contribution >= 0.6 is 0 Å². The molecule has 1 N–H and O–H groups in total. The molecule has 2 rings (SSSR count). The van der Waals surface area contributed by atoms with Gasteiger partial charge in [0.05, 0.1) is 0 Å². The molecule has 108 valence electrons. The molecule has 20 heavy (non-hydrogen) atoms. The van der Waals surface area contributed by atoms with Crippen LogP contribution in [0.3, 0.4) is 0 Å². The summed E-state index contributed by atoms with van der Waals surface area (Å²) in [5.41, 5.74) is 2.20. The molecule has 1 aromatic carbocycles. The lowest BCUT2D eigenvalue weighted by atomic mass is 10.1. The van der Waals surface area contributed by atoms with E-state index in [0.717, 1.165) is 31.3 Å². The van der Waals surface area contributed by atoms with Crippen molar-refractivity contribution >= 4 is 12.0 Å². The number of nitrogens with zero attached hydrogens (tertiary/aromatic N) is 2. The van der Waals surface area contributed by atoms with E-state index in [4.69, 9.17) is 5.11 Å².